The second kappa shape index (κ2) is 5.72. The van der Waals surface area contributed by atoms with E-state index in [1.54, 1.807) is 7.11 Å². The minimum absolute atomic E-state index is 0.281. The smallest absolute Gasteiger partial charge is 0.119 e. The maximum Gasteiger partial charge on any atom is 0.119 e. The molecule has 1 aromatic carbocycles. The molecule has 2 N–H and O–H groups in total. The highest BCUT2D eigenvalue weighted by molar-refractivity contribution is 5.33. The zero-order valence-electron chi connectivity index (χ0n) is 11.3. The zero-order valence-corrected chi connectivity index (χ0v) is 11.3. The fourth-order valence-electron chi connectivity index (χ4n) is 3.02. The van der Waals surface area contributed by atoms with Gasteiger partial charge in [0.15, 0.2) is 0 Å². The van der Waals surface area contributed by atoms with Crippen molar-refractivity contribution in [1.29, 1.82) is 0 Å². The van der Waals surface area contributed by atoms with Crippen LogP contribution in [-0.2, 0) is 5.60 Å². The molecule has 1 saturated carbocycles. The first kappa shape index (κ1) is 13.4. The molecule has 0 aliphatic heterocycles. The van der Waals surface area contributed by atoms with Crippen LogP contribution in [-0.4, -0.2) is 25.8 Å². The second-order valence-corrected chi connectivity index (χ2v) is 5.16. The maximum absolute atomic E-state index is 11.1. The number of hydrogen-bond donors (Lipinski definition) is 2. The third kappa shape index (κ3) is 2.52. The van der Waals surface area contributed by atoms with Crippen molar-refractivity contribution in [1.82, 2.24) is 5.32 Å². The van der Waals surface area contributed by atoms with Gasteiger partial charge in [0.2, 0.25) is 0 Å². The third-order valence-corrected chi connectivity index (χ3v) is 4.06. The van der Waals surface area contributed by atoms with Crippen LogP contribution < -0.4 is 10.1 Å². The van der Waals surface area contributed by atoms with Crippen LogP contribution in [0.4, 0.5) is 0 Å². The summed E-state index contributed by atoms with van der Waals surface area (Å²) in [5.74, 6) is 1.10. The fraction of sp³-hybridized carbons (Fsp3) is 0.600. The van der Waals surface area contributed by atoms with E-state index in [0.717, 1.165) is 37.1 Å². The number of methoxy groups -OCH3 is 1. The first-order chi connectivity index (χ1) is 8.70. The standard InChI is InChI=1S/C15H23NO2/c1-16-11-13-6-3-4-9-15(13,17)12-7-5-8-14(10-12)18-2/h5,7-8,10,13,16-17H,3-4,6,9,11H2,1-2H3/t13-,15-/m0/s1. The Morgan fingerprint density at radius 2 is 2.28 bits per heavy atom. The van der Waals surface area contributed by atoms with E-state index in [0.29, 0.717) is 0 Å². The van der Waals surface area contributed by atoms with Crippen LogP contribution in [0.15, 0.2) is 24.3 Å². The van der Waals surface area contributed by atoms with Crippen molar-refractivity contribution >= 4 is 0 Å². The molecule has 1 aliphatic rings. The summed E-state index contributed by atoms with van der Waals surface area (Å²) in [6.45, 7) is 0.855. The SMILES string of the molecule is CNC[C@@H]1CCCC[C@]1(O)c1cccc(OC)c1. The molecule has 1 fully saturated rings. The average molecular weight is 249 g/mol. The summed E-state index contributed by atoms with van der Waals surface area (Å²) < 4.78 is 5.26. The number of ether oxygens (including phenoxy) is 1. The molecule has 0 unspecified atom stereocenters. The van der Waals surface area contributed by atoms with E-state index < -0.39 is 5.60 Å². The molecule has 2 rings (SSSR count). The van der Waals surface area contributed by atoms with Crippen LogP contribution in [0.25, 0.3) is 0 Å². The van der Waals surface area contributed by atoms with Crippen molar-refractivity contribution in [3.63, 3.8) is 0 Å². The summed E-state index contributed by atoms with van der Waals surface area (Å²) in [5, 5.41) is 14.3. The van der Waals surface area contributed by atoms with Crippen molar-refractivity contribution in [2.75, 3.05) is 20.7 Å². The molecule has 18 heavy (non-hydrogen) atoms. The van der Waals surface area contributed by atoms with Crippen molar-refractivity contribution in [2.45, 2.75) is 31.3 Å². The highest BCUT2D eigenvalue weighted by Gasteiger charge is 2.39. The lowest BCUT2D eigenvalue weighted by Gasteiger charge is -2.40. The molecule has 0 aromatic heterocycles. The number of hydrogen-bond acceptors (Lipinski definition) is 3. The van der Waals surface area contributed by atoms with Gasteiger partial charge in [-0.3, -0.25) is 0 Å². The van der Waals surface area contributed by atoms with Crippen LogP contribution in [0, 0.1) is 5.92 Å². The van der Waals surface area contributed by atoms with Gasteiger partial charge in [-0.05, 0) is 37.6 Å². The lowest BCUT2D eigenvalue weighted by Crippen LogP contribution is -2.42. The largest absolute Gasteiger partial charge is 0.497 e. The Bertz CT molecular complexity index is 392. The Labute approximate surface area is 109 Å². The van der Waals surface area contributed by atoms with Crippen LogP contribution >= 0.6 is 0 Å². The van der Waals surface area contributed by atoms with Gasteiger partial charge in [-0.2, -0.15) is 0 Å². The number of rotatable bonds is 4. The summed E-state index contributed by atoms with van der Waals surface area (Å²) in [7, 11) is 3.61. The lowest BCUT2D eigenvalue weighted by molar-refractivity contribution is -0.0531. The highest BCUT2D eigenvalue weighted by atomic mass is 16.5. The first-order valence-corrected chi connectivity index (χ1v) is 6.72. The summed E-state index contributed by atoms with van der Waals surface area (Å²) in [5.41, 5.74) is 0.275. The summed E-state index contributed by atoms with van der Waals surface area (Å²) in [6, 6.07) is 7.85. The zero-order chi connectivity index (χ0) is 13.0. The van der Waals surface area contributed by atoms with Crippen LogP contribution in [0.2, 0.25) is 0 Å². The summed E-state index contributed by atoms with van der Waals surface area (Å²) >= 11 is 0. The highest BCUT2D eigenvalue weighted by Crippen LogP contribution is 2.42. The monoisotopic (exact) mass is 249 g/mol. The molecule has 0 bridgehead atoms. The van der Waals surface area contributed by atoms with Crippen molar-refractivity contribution < 1.29 is 9.84 Å². The van der Waals surface area contributed by atoms with E-state index in [4.69, 9.17) is 4.74 Å². The van der Waals surface area contributed by atoms with Gasteiger partial charge in [0.05, 0.1) is 12.7 Å². The molecule has 0 heterocycles. The molecule has 0 spiro atoms. The van der Waals surface area contributed by atoms with Gasteiger partial charge in [0, 0.05) is 12.5 Å². The normalized spacial score (nSPS) is 28.1. The molecular formula is C15H23NO2. The Morgan fingerprint density at radius 1 is 1.44 bits per heavy atom. The molecule has 3 heteroatoms. The molecule has 0 saturated heterocycles. The van der Waals surface area contributed by atoms with E-state index in [1.165, 1.54) is 6.42 Å². The Hall–Kier alpha value is -1.06. The Balaban J connectivity index is 2.30. The van der Waals surface area contributed by atoms with Crippen LogP contribution in [0.5, 0.6) is 5.75 Å². The van der Waals surface area contributed by atoms with E-state index in [-0.39, 0.29) is 5.92 Å². The van der Waals surface area contributed by atoms with E-state index >= 15 is 0 Å². The summed E-state index contributed by atoms with van der Waals surface area (Å²) in [4.78, 5) is 0. The predicted octanol–water partition coefficient (Wildman–Crippen LogP) is 2.29. The molecule has 1 aromatic rings. The molecule has 2 atom stereocenters. The average Bonchev–Trinajstić information content (AvgIpc) is 2.42. The Kier molecular flexibility index (Phi) is 4.25. The van der Waals surface area contributed by atoms with Crippen molar-refractivity contribution in [3.8, 4) is 5.75 Å². The topological polar surface area (TPSA) is 41.5 Å². The molecule has 1 aliphatic carbocycles. The predicted molar refractivity (Wildman–Crippen MR) is 72.8 cm³/mol. The molecule has 100 valence electrons. The molecule has 3 nitrogen and oxygen atoms in total. The van der Waals surface area contributed by atoms with E-state index in [2.05, 4.69) is 5.32 Å². The van der Waals surface area contributed by atoms with Crippen LogP contribution in [0.3, 0.4) is 0 Å². The van der Waals surface area contributed by atoms with Crippen molar-refractivity contribution in [3.05, 3.63) is 29.8 Å². The van der Waals surface area contributed by atoms with Gasteiger partial charge in [0.1, 0.15) is 5.75 Å². The Morgan fingerprint density at radius 3 is 3.00 bits per heavy atom. The molecular weight excluding hydrogens is 226 g/mol. The van der Waals surface area contributed by atoms with Gasteiger partial charge in [0.25, 0.3) is 0 Å². The third-order valence-electron chi connectivity index (χ3n) is 4.06. The van der Waals surface area contributed by atoms with E-state index in [1.807, 2.05) is 31.3 Å². The number of benzene rings is 1. The summed E-state index contributed by atoms with van der Waals surface area (Å²) in [6.07, 6.45) is 4.22. The van der Waals surface area contributed by atoms with Gasteiger partial charge >= 0.3 is 0 Å². The van der Waals surface area contributed by atoms with E-state index in [9.17, 15) is 5.11 Å². The van der Waals surface area contributed by atoms with Gasteiger partial charge in [-0.1, -0.05) is 25.0 Å². The number of nitrogens with one attached hydrogen (secondary N) is 1. The molecule has 0 amide bonds. The number of aliphatic hydroxyl groups is 1. The quantitative estimate of drug-likeness (QED) is 0.860. The van der Waals surface area contributed by atoms with Crippen molar-refractivity contribution in [2.24, 2.45) is 5.92 Å². The minimum Gasteiger partial charge on any atom is -0.497 e. The molecule has 0 radical (unpaired) electrons. The minimum atomic E-state index is -0.713. The van der Waals surface area contributed by atoms with Gasteiger partial charge in [-0.25, -0.2) is 0 Å². The second-order valence-electron chi connectivity index (χ2n) is 5.16. The van der Waals surface area contributed by atoms with Crippen LogP contribution in [0.1, 0.15) is 31.2 Å². The van der Waals surface area contributed by atoms with Gasteiger partial charge in [-0.15, -0.1) is 0 Å². The first-order valence-electron chi connectivity index (χ1n) is 6.72. The lowest BCUT2D eigenvalue weighted by atomic mass is 9.71. The maximum atomic E-state index is 11.1. The van der Waals surface area contributed by atoms with Gasteiger partial charge < -0.3 is 15.2 Å². The fourth-order valence-corrected chi connectivity index (χ4v) is 3.02.